The Labute approximate surface area is 130 Å². The van der Waals surface area contributed by atoms with Gasteiger partial charge in [0.1, 0.15) is 0 Å². The molecule has 19 heavy (non-hydrogen) atoms. The molecule has 3 rings (SSSR count). The molecule has 0 aromatic heterocycles. The number of rotatable bonds is 0. The van der Waals surface area contributed by atoms with Gasteiger partial charge in [-0.2, -0.15) is 0 Å². The van der Waals surface area contributed by atoms with Gasteiger partial charge in [-0.15, -0.1) is 0 Å². The van der Waals surface area contributed by atoms with Gasteiger partial charge in [0.25, 0.3) is 0 Å². The molecule has 1 aromatic carbocycles. The minimum Gasteiger partial charge on any atom is -0.382 e. The van der Waals surface area contributed by atoms with Gasteiger partial charge in [0.15, 0.2) is 0 Å². The zero-order chi connectivity index (χ0) is 13.6. The number of hydrogen-bond acceptors (Lipinski definition) is 2. The maximum atomic E-state index is 6.50. The van der Waals surface area contributed by atoms with Gasteiger partial charge >= 0.3 is 0 Å². The Balaban J connectivity index is 2.08. The number of benzene rings is 1. The van der Waals surface area contributed by atoms with Crippen molar-refractivity contribution < 1.29 is 0 Å². The molecule has 2 aliphatic rings. The van der Waals surface area contributed by atoms with Gasteiger partial charge in [-0.05, 0) is 64.0 Å². The summed E-state index contributed by atoms with van der Waals surface area (Å²) in [5.41, 5.74) is 11.8. The minimum atomic E-state index is -0.00231. The standard InChI is InChI=1S/C15H16Br2N2/c1-8-2-4-12-11(13(8)17)5-3-9-6-10(16)7-19-15(9)14(12)18/h2,4,6-7,14-15,19H,3,5,18H2,1H3. The van der Waals surface area contributed by atoms with Crippen molar-refractivity contribution in [3.05, 3.63) is 55.6 Å². The predicted molar refractivity (Wildman–Crippen MR) is 86.1 cm³/mol. The van der Waals surface area contributed by atoms with Gasteiger partial charge < -0.3 is 11.1 Å². The highest BCUT2D eigenvalue weighted by Crippen LogP contribution is 2.37. The molecule has 1 aliphatic carbocycles. The van der Waals surface area contributed by atoms with E-state index in [2.05, 4.69) is 62.3 Å². The molecule has 0 radical (unpaired) electrons. The van der Waals surface area contributed by atoms with E-state index in [4.69, 9.17) is 5.73 Å². The van der Waals surface area contributed by atoms with E-state index in [-0.39, 0.29) is 12.1 Å². The molecule has 0 bridgehead atoms. The first-order valence-electron chi connectivity index (χ1n) is 6.43. The first-order chi connectivity index (χ1) is 9.08. The lowest BCUT2D eigenvalue weighted by Gasteiger charge is -2.28. The molecule has 0 fully saturated rings. The van der Waals surface area contributed by atoms with Crippen LogP contribution in [0.15, 0.2) is 38.9 Å². The second kappa shape index (κ2) is 5.08. The lowest BCUT2D eigenvalue weighted by Crippen LogP contribution is -2.38. The number of halogens is 2. The summed E-state index contributed by atoms with van der Waals surface area (Å²) in [7, 11) is 0. The van der Waals surface area contributed by atoms with Crippen LogP contribution in [-0.2, 0) is 6.42 Å². The molecule has 100 valence electrons. The van der Waals surface area contributed by atoms with Crippen LogP contribution in [0.5, 0.6) is 0 Å². The normalized spacial score (nSPS) is 25.5. The predicted octanol–water partition coefficient (Wildman–Crippen LogP) is 3.84. The lowest BCUT2D eigenvalue weighted by molar-refractivity contribution is 0.537. The van der Waals surface area contributed by atoms with Crippen molar-refractivity contribution in [3.63, 3.8) is 0 Å². The summed E-state index contributed by atoms with van der Waals surface area (Å²) in [4.78, 5) is 0. The Hall–Kier alpha value is -0.580. The molecule has 1 aliphatic heterocycles. The van der Waals surface area contributed by atoms with Gasteiger partial charge in [0, 0.05) is 15.2 Å². The Morgan fingerprint density at radius 2 is 2.05 bits per heavy atom. The van der Waals surface area contributed by atoms with E-state index < -0.39 is 0 Å². The molecular weight excluding hydrogens is 368 g/mol. The molecule has 2 nitrogen and oxygen atoms in total. The number of nitrogens with one attached hydrogen (secondary N) is 1. The lowest BCUT2D eigenvalue weighted by atomic mass is 9.93. The fraction of sp³-hybridized carbons (Fsp3) is 0.333. The van der Waals surface area contributed by atoms with Crippen molar-refractivity contribution in [2.75, 3.05) is 0 Å². The zero-order valence-corrected chi connectivity index (χ0v) is 13.9. The topological polar surface area (TPSA) is 38.0 Å². The van der Waals surface area contributed by atoms with Crippen LogP contribution in [0, 0.1) is 6.92 Å². The third-order valence-corrected chi connectivity index (χ3v) is 5.54. The van der Waals surface area contributed by atoms with E-state index in [9.17, 15) is 0 Å². The van der Waals surface area contributed by atoms with Gasteiger partial charge in [-0.3, -0.25) is 0 Å². The number of nitrogens with two attached hydrogens (primary N) is 1. The van der Waals surface area contributed by atoms with Crippen LogP contribution in [0.1, 0.15) is 29.2 Å². The number of dihydropyridines is 1. The number of aryl methyl sites for hydroxylation is 1. The van der Waals surface area contributed by atoms with Crippen molar-refractivity contribution in [1.29, 1.82) is 0 Å². The first kappa shape index (κ1) is 13.4. The summed E-state index contributed by atoms with van der Waals surface area (Å²) < 4.78 is 2.30. The molecule has 0 spiro atoms. The number of allylic oxidation sites excluding steroid dienone is 2. The van der Waals surface area contributed by atoms with Crippen molar-refractivity contribution in [2.24, 2.45) is 5.73 Å². The van der Waals surface area contributed by atoms with Crippen LogP contribution in [0.3, 0.4) is 0 Å². The summed E-state index contributed by atoms with van der Waals surface area (Å²) in [6.45, 7) is 2.13. The van der Waals surface area contributed by atoms with Crippen molar-refractivity contribution in [1.82, 2.24) is 5.32 Å². The Kier molecular flexibility index (Phi) is 3.58. The molecule has 2 atom stereocenters. The monoisotopic (exact) mass is 382 g/mol. The van der Waals surface area contributed by atoms with Crippen LogP contribution in [0.25, 0.3) is 0 Å². The average molecular weight is 384 g/mol. The molecule has 1 heterocycles. The van der Waals surface area contributed by atoms with E-state index >= 15 is 0 Å². The Bertz CT molecular complexity index is 590. The second-order valence-electron chi connectivity index (χ2n) is 5.18. The van der Waals surface area contributed by atoms with Crippen molar-refractivity contribution in [3.8, 4) is 0 Å². The molecule has 2 unspecified atom stereocenters. The minimum absolute atomic E-state index is 0.00231. The summed E-state index contributed by atoms with van der Waals surface area (Å²) in [5.74, 6) is 0. The summed E-state index contributed by atoms with van der Waals surface area (Å²) in [6, 6.07) is 4.53. The SMILES string of the molecule is Cc1ccc2c(c1Br)CCC1=CC(Br)=CNC1C2N. The van der Waals surface area contributed by atoms with E-state index in [0.29, 0.717) is 0 Å². The molecule has 3 N–H and O–H groups in total. The van der Waals surface area contributed by atoms with Gasteiger partial charge in [-0.1, -0.05) is 28.1 Å². The van der Waals surface area contributed by atoms with Crippen molar-refractivity contribution in [2.45, 2.75) is 31.8 Å². The van der Waals surface area contributed by atoms with Crippen LogP contribution in [-0.4, -0.2) is 6.04 Å². The fourth-order valence-corrected chi connectivity index (χ4v) is 3.90. The largest absolute Gasteiger partial charge is 0.382 e. The summed E-state index contributed by atoms with van der Waals surface area (Å²) >= 11 is 7.25. The van der Waals surface area contributed by atoms with Gasteiger partial charge in [-0.25, -0.2) is 0 Å². The van der Waals surface area contributed by atoms with Crippen LogP contribution in [0.2, 0.25) is 0 Å². The van der Waals surface area contributed by atoms with E-state index in [1.54, 1.807) is 0 Å². The summed E-state index contributed by atoms with van der Waals surface area (Å²) in [5, 5.41) is 3.42. The molecule has 0 saturated carbocycles. The number of fused-ring (bicyclic) bond motifs is 2. The Morgan fingerprint density at radius 3 is 2.84 bits per heavy atom. The highest BCUT2D eigenvalue weighted by Gasteiger charge is 2.30. The third-order valence-electron chi connectivity index (χ3n) is 3.98. The van der Waals surface area contributed by atoms with E-state index in [0.717, 1.165) is 17.3 Å². The van der Waals surface area contributed by atoms with Crippen LogP contribution < -0.4 is 11.1 Å². The van der Waals surface area contributed by atoms with E-state index in [1.165, 1.54) is 26.7 Å². The molecule has 0 amide bonds. The zero-order valence-electron chi connectivity index (χ0n) is 10.7. The van der Waals surface area contributed by atoms with Crippen LogP contribution >= 0.6 is 31.9 Å². The maximum absolute atomic E-state index is 6.50. The molecule has 4 heteroatoms. The molecule has 0 saturated heterocycles. The third kappa shape index (κ3) is 2.30. The Morgan fingerprint density at radius 1 is 1.26 bits per heavy atom. The molecule has 1 aromatic rings. The highest BCUT2D eigenvalue weighted by atomic mass is 79.9. The molecular formula is C15H16Br2N2. The fourth-order valence-electron chi connectivity index (χ4n) is 2.92. The number of hydrogen-bond donors (Lipinski definition) is 2. The quantitative estimate of drug-likeness (QED) is 0.714. The highest BCUT2D eigenvalue weighted by molar-refractivity contribution is 9.12. The summed E-state index contributed by atoms with van der Waals surface area (Å²) in [6.07, 6.45) is 6.27. The maximum Gasteiger partial charge on any atom is 0.0665 e. The van der Waals surface area contributed by atoms with Gasteiger partial charge in [0.2, 0.25) is 0 Å². The average Bonchev–Trinajstić information content (AvgIpc) is 2.52. The van der Waals surface area contributed by atoms with Gasteiger partial charge in [0.05, 0.1) is 12.1 Å². The van der Waals surface area contributed by atoms with Crippen LogP contribution in [0.4, 0.5) is 0 Å². The van der Waals surface area contributed by atoms with E-state index in [1.807, 2.05) is 6.20 Å². The smallest absolute Gasteiger partial charge is 0.0665 e. The first-order valence-corrected chi connectivity index (χ1v) is 8.02. The van der Waals surface area contributed by atoms with Crippen molar-refractivity contribution >= 4 is 31.9 Å². The second-order valence-corrected chi connectivity index (χ2v) is 6.89.